The first kappa shape index (κ1) is 60.2. The minimum Gasteiger partial charge on any atom is -0.393 e. The van der Waals surface area contributed by atoms with Crippen molar-refractivity contribution in [3.05, 3.63) is 0 Å². The third-order valence-corrected chi connectivity index (χ3v) is 15.7. The van der Waals surface area contributed by atoms with Crippen molar-refractivity contribution in [1.29, 1.82) is 0 Å². The van der Waals surface area contributed by atoms with Crippen LogP contribution in [0.25, 0.3) is 0 Å². The molecule has 3 saturated heterocycles. The van der Waals surface area contributed by atoms with Crippen LogP contribution in [-0.2, 0) is 28.6 Å². The molecule has 0 aliphatic carbocycles. The number of hydrogen-bond donors (Lipinski definition) is 1. The average molecular weight is 944 g/mol. The molecule has 0 aromatic rings. The molecule has 0 aromatic carbocycles. The van der Waals surface area contributed by atoms with E-state index in [1.54, 1.807) is 0 Å². The summed E-state index contributed by atoms with van der Waals surface area (Å²) < 4.78 is 17.7. The van der Waals surface area contributed by atoms with Gasteiger partial charge in [-0.15, -0.1) is 0 Å². The number of unbranched alkanes of at least 4 members (excludes halogenated alkanes) is 24. The Morgan fingerprint density at radius 3 is 1.01 bits per heavy atom. The fourth-order valence-corrected chi connectivity index (χ4v) is 10.8. The van der Waals surface area contributed by atoms with Gasteiger partial charge in [0.05, 0.1) is 42.7 Å². The van der Waals surface area contributed by atoms with E-state index >= 15 is 0 Å². The Labute approximate surface area is 414 Å². The standard InChI is InChI=1S/C60H110O7/c1-4-7-10-12-18-26-34-51(61)35-27-19-14-15-20-28-36-52(62)45-43-50(49-54(64)38-30-22-17-25-32-41-57-56(65-57)40-31-23-13-11-8-5-2)44-46-53(63)37-29-21-16-24-33-42-58-60(67-58)48-47-59-55(66-59)39-9-6-3/h50-51,55-61H,4-49H2,1-3H3. The lowest BCUT2D eigenvalue weighted by molar-refractivity contribution is -0.122. The lowest BCUT2D eigenvalue weighted by atomic mass is 9.88. The molecule has 7 nitrogen and oxygen atoms in total. The van der Waals surface area contributed by atoms with Crippen molar-refractivity contribution < 1.29 is 33.7 Å². The van der Waals surface area contributed by atoms with Crippen molar-refractivity contribution in [3.63, 3.8) is 0 Å². The SMILES string of the molecule is CCCCCCCCC(O)CCCCCCCCC(=O)CCC(CCC(=O)CCCCCCCC1OC1CCC1OC1CCCC)CC(=O)CCCCCCCC1OC1CCCCCCCC. The first-order valence-electron chi connectivity index (χ1n) is 30.0. The molecular weight excluding hydrogens is 833 g/mol. The Bertz CT molecular complexity index is 1200. The molecule has 0 radical (unpaired) electrons. The third kappa shape index (κ3) is 34.0. The fraction of sp³-hybridized carbons (Fsp3) is 0.950. The predicted octanol–water partition coefficient (Wildman–Crippen LogP) is 17.0. The summed E-state index contributed by atoms with van der Waals surface area (Å²) in [5.74, 6) is 1.10. The minimum atomic E-state index is -0.139. The van der Waals surface area contributed by atoms with E-state index in [1.165, 1.54) is 161 Å². The Balaban J connectivity index is 1.22. The van der Waals surface area contributed by atoms with E-state index < -0.39 is 0 Å². The summed E-state index contributed by atoms with van der Waals surface area (Å²) in [5.41, 5.74) is 0. The van der Waals surface area contributed by atoms with Crippen LogP contribution in [0.5, 0.6) is 0 Å². The molecule has 3 fully saturated rings. The zero-order valence-corrected chi connectivity index (χ0v) is 44.5. The number of aliphatic hydroxyl groups is 1. The van der Waals surface area contributed by atoms with Crippen LogP contribution in [0.15, 0.2) is 0 Å². The van der Waals surface area contributed by atoms with Crippen LogP contribution in [0.4, 0.5) is 0 Å². The number of rotatable bonds is 53. The van der Waals surface area contributed by atoms with Gasteiger partial charge in [0.1, 0.15) is 17.3 Å². The lowest BCUT2D eigenvalue weighted by Gasteiger charge is -2.16. The van der Waals surface area contributed by atoms with Gasteiger partial charge >= 0.3 is 0 Å². The zero-order chi connectivity index (χ0) is 48.0. The van der Waals surface area contributed by atoms with E-state index in [4.69, 9.17) is 14.2 Å². The van der Waals surface area contributed by atoms with Crippen LogP contribution in [0.3, 0.4) is 0 Å². The van der Waals surface area contributed by atoms with E-state index in [0.717, 1.165) is 96.3 Å². The summed E-state index contributed by atoms with van der Waals surface area (Å²) in [6, 6.07) is 0. The highest BCUT2D eigenvalue weighted by atomic mass is 16.6. The van der Waals surface area contributed by atoms with Crippen LogP contribution >= 0.6 is 0 Å². The van der Waals surface area contributed by atoms with Crippen molar-refractivity contribution in [1.82, 2.24) is 0 Å². The predicted molar refractivity (Wildman–Crippen MR) is 280 cm³/mol. The molecule has 0 bridgehead atoms. The van der Waals surface area contributed by atoms with Crippen molar-refractivity contribution in [2.45, 2.75) is 359 Å². The molecule has 67 heavy (non-hydrogen) atoms. The summed E-state index contributed by atoms with van der Waals surface area (Å²) in [4.78, 5) is 39.2. The molecule has 3 rings (SSSR count). The summed E-state index contributed by atoms with van der Waals surface area (Å²) in [6.07, 6.45) is 53.0. The second kappa shape index (κ2) is 40.4. The highest BCUT2D eigenvalue weighted by molar-refractivity contribution is 5.80. The first-order valence-corrected chi connectivity index (χ1v) is 30.0. The number of Topliss-reactive ketones (excluding diaryl/α,β-unsaturated/α-hetero) is 3. The number of epoxide rings is 3. The van der Waals surface area contributed by atoms with Crippen molar-refractivity contribution in [3.8, 4) is 0 Å². The quantitative estimate of drug-likeness (QED) is 0.0478. The normalized spacial score (nSPS) is 21.7. The number of carbonyl (C=O) groups excluding carboxylic acids is 3. The molecular formula is C60H110O7. The Morgan fingerprint density at radius 2 is 0.627 bits per heavy atom. The van der Waals surface area contributed by atoms with Crippen molar-refractivity contribution in [2.24, 2.45) is 5.92 Å². The summed E-state index contributed by atoms with van der Waals surface area (Å²) in [7, 11) is 0. The van der Waals surface area contributed by atoms with E-state index in [2.05, 4.69) is 20.8 Å². The number of ketones is 3. The molecule has 1 N–H and O–H groups in total. The Hall–Kier alpha value is -1.15. The minimum absolute atomic E-state index is 0.132. The number of ether oxygens (including phenoxy) is 3. The van der Waals surface area contributed by atoms with Gasteiger partial charge < -0.3 is 19.3 Å². The molecule has 0 aromatic heterocycles. The molecule has 8 atom stereocenters. The number of carbonyl (C=O) groups is 3. The Kier molecular flexibility index (Phi) is 36.3. The van der Waals surface area contributed by atoms with Gasteiger partial charge in [0.2, 0.25) is 0 Å². The van der Waals surface area contributed by atoms with E-state index in [-0.39, 0.29) is 12.0 Å². The van der Waals surface area contributed by atoms with Gasteiger partial charge in [-0.05, 0) is 89.4 Å². The maximum Gasteiger partial charge on any atom is 0.133 e. The van der Waals surface area contributed by atoms with Gasteiger partial charge in [-0.3, -0.25) is 14.4 Å². The first-order chi connectivity index (χ1) is 32.8. The maximum atomic E-state index is 13.2. The van der Waals surface area contributed by atoms with Gasteiger partial charge in [-0.25, -0.2) is 0 Å². The molecule has 0 spiro atoms. The van der Waals surface area contributed by atoms with Gasteiger partial charge in [-0.1, -0.05) is 194 Å². The van der Waals surface area contributed by atoms with Crippen LogP contribution in [-0.4, -0.2) is 65.2 Å². The number of hydrogen-bond acceptors (Lipinski definition) is 7. The second-order valence-corrected chi connectivity index (χ2v) is 22.2. The second-order valence-electron chi connectivity index (χ2n) is 22.2. The van der Waals surface area contributed by atoms with Gasteiger partial charge in [-0.2, -0.15) is 0 Å². The monoisotopic (exact) mass is 943 g/mol. The molecule has 3 heterocycles. The van der Waals surface area contributed by atoms with Crippen molar-refractivity contribution in [2.75, 3.05) is 0 Å². The molecule has 8 unspecified atom stereocenters. The number of aliphatic hydroxyl groups excluding tert-OH is 1. The highest BCUT2D eigenvalue weighted by Gasteiger charge is 2.42. The lowest BCUT2D eigenvalue weighted by Crippen LogP contribution is -2.13. The van der Waals surface area contributed by atoms with E-state index in [1.807, 2.05) is 0 Å². The van der Waals surface area contributed by atoms with Gasteiger partial charge in [0.15, 0.2) is 0 Å². The van der Waals surface area contributed by atoms with E-state index in [0.29, 0.717) is 92.5 Å². The van der Waals surface area contributed by atoms with Gasteiger partial charge in [0.25, 0.3) is 0 Å². The molecule has 7 heteroatoms. The van der Waals surface area contributed by atoms with Crippen LogP contribution in [0, 0.1) is 5.92 Å². The Morgan fingerprint density at radius 1 is 0.328 bits per heavy atom. The summed E-state index contributed by atoms with van der Waals surface area (Å²) >= 11 is 0. The fourth-order valence-electron chi connectivity index (χ4n) is 10.8. The van der Waals surface area contributed by atoms with Crippen LogP contribution < -0.4 is 0 Å². The van der Waals surface area contributed by atoms with Crippen LogP contribution in [0.1, 0.15) is 316 Å². The summed E-state index contributed by atoms with van der Waals surface area (Å²) in [6.45, 7) is 6.76. The molecule has 3 aliphatic heterocycles. The maximum absolute atomic E-state index is 13.2. The van der Waals surface area contributed by atoms with Crippen molar-refractivity contribution >= 4 is 17.3 Å². The molecule has 0 amide bonds. The third-order valence-electron chi connectivity index (χ3n) is 15.7. The average Bonchev–Trinajstić information content (AvgIpc) is 4.26. The molecule has 3 aliphatic rings. The molecule has 392 valence electrons. The van der Waals surface area contributed by atoms with E-state index in [9.17, 15) is 19.5 Å². The summed E-state index contributed by atoms with van der Waals surface area (Å²) in [5, 5.41) is 10.3. The smallest absolute Gasteiger partial charge is 0.133 e. The zero-order valence-electron chi connectivity index (χ0n) is 44.5. The largest absolute Gasteiger partial charge is 0.393 e. The highest BCUT2D eigenvalue weighted by Crippen LogP contribution is 2.37. The molecule has 0 saturated carbocycles. The topological polar surface area (TPSA) is 109 Å². The van der Waals surface area contributed by atoms with Gasteiger partial charge in [0, 0.05) is 38.5 Å². The van der Waals surface area contributed by atoms with Crippen LogP contribution in [0.2, 0.25) is 0 Å².